The highest BCUT2D eigenvalue weighted by molar-refractivity contribution is 5.35. The molecule has 1 unspecified atom stereocenters. The average molecular weight is 284 g/mol. The van der Waals surface area contributed by atoms with Gasteiger partial charge >= 0.3 is 0 Å². The Morgan fingerprint density at radius 3 is 2.76 bits per heavy atom. The minimum atomic E-state index is 0.437. The van der Waals surface area contributed by atoms with Crippen LogP contribution in [0.1, 0.15) is 18.5 Å². The highest BCUT2D eigenvalue weighted by Crippen LogP contribution is 2.33. The lowest BCUT2D eigenvalue weighted by molar-refractivity contribution is 0.244. The van der Waals surface area contributed by atoms with E-state index in [2.05, 4.69) is 50.9 Å². The van der Waals surface area contributed by atoms with Crippen molar-refractivity contribution in [2.75, 3.05) is 26.2 Å². The molecule has 2 aromatic rings. The summed E-state index contributed by atoms with van der Waals surface area (Å²) in [4.78, 5) is 2.61. The molecule has 3 atom stereocenters. The molecule has 2 fully saturated rings. The Morgan fingerprint density at radius 2 is 2.05 bits per heavy atom. The number of tetrazole rings is 1. The van der Waals surface area contributed by atoms with Gasteiger partial charge in [0.15, 0.2) is 0 Å². The molecule has 2 aliphatic heterocycles. The van der Waals surface area contributed by atoms with E-state index in [1.54, 1.807) is 11.0 Å². The quantitative estimate of drug-likeness (QED) is 0.906. The maximum absolute atomic E-state index is 3.96. The molecule has 21 heavy (non-hydrogen) atoms. The molecule has 0 saturated carbocycles. The van der Waals surface area contributed by atoms with E-state index in [9.17, 15) is 0 Å². The van der Waals surface area contributed by atoms with Crippen molar-refractivity contribution in [2.45, 2.75) is 13.0 Å². The molecule has 6 nitrogen and oxygen atoms in total. The predicted octanol–water partition coefficient (Wildman–Crippen LogP) is 0.874. The molecule has 4 rings (SSSR count). The van der Waals surface area contributed by atoms with Crippen LogP contribution in [0, 0.1) is 11.8 Å². The number of fused-ring (bicyclic) bond motifs is 1. The molecule has 0 spiro atoms. The van der Waals surface area contributed by atoms with Gasteiger partial charge in [-0.25, -0.2) is 4.68 Å². The van der Waals surface area contributed by atoms with Gasteiger partial charge in [0.2, 0.25) is 0 Å². The standard InChI is InChI=1S/C15H20N6/c1-11(20-8-13-6-16-7-14(13)9-20)12-3-2-4-15(5-12)21-10-17-18-19-21/h2-5,10-11,13-14,16H,6-9H2,1H3/t11?,13-,14+. The Morgan fingerprint density at radius 1 is 1.24 bits per heavy atom. The molecule has 0 radical (unpaired) electrons. The molecule has 1 N–H and O–H groups in total. The van der Waals surface area contributed by atoms with Crippen LogP contribution >= 0.6 is 0 Å². The molecule has 2 aliphatic rings. The van der Waals surface area contributed by atoms with E-state index in [0.717, 1.165) is 17.5 Å². The van der Waals surface area contributed by atoms with Gasteiger partial charge in [0.05, 0.1) is 5.69 Å². The van der Waals surface area contributed by atoms with E-state index in [1.165, 1.54) is 31.7 Å². The number of likely N-dealkylation sites (tertiary alicyclic amines) is 1. The van der Waals surface area contributed by atoms with E-state index in [-0.39, 0.29) is 0 Å². The zero-order valence-electron chi connectivity index (χ0n) is 12.2. The Kier molecular flexibility index (Phi) is 3.20. The summed E-state index contributed by atoms with van der Waals surface area (Å²) in [6, 6.07) is 8.95. The van der Waals surface area contributed by atoms with Crippen molar-refractivity contribution in [1.29, 1.82) is 0 Å². The SMILES string of the molecule is CC(c1cccc(-n2cnnn2)c1)N1C[C@H]2CNC[C@H]2C1. The van der Waals surface area contributed by atoms with Crippen LogP contribution in [0.15, 0.2) is 30.6 Å². The monoisotopic (exact) mass is 284 g/mol. The topological polar surface area (TPSA) is 58.9 Å². The highest BCUT2D eigenvalue weighted by Gasteiger charge is 2.37. The number of nitrogens with zero attached hydrogens (tertiary/aromatic N) is 5. The molecule has 3 heterocycles. The normalized spacial score (nSPS) is 26.9. The molecule has 0 amide bonds. The zero-order valence-corrected chi connectivity index (χ0v) is 12.2. The third-order valence-corrected chi connectivity index (χ3v) is 4.93. The molecule has 0 aliphatic carbocycles. The number of benzene rings is 1. The van der Waals surface area contributed by atoms with Crippen LogP contribution in [0.3, 0.4) is 0 Å². The van der Waals surface area contributed by atoms with Crippen LogP contribution in [0.2, 0.25) is 0 Å². The van der Waals surface area contributed by atoms with Crippen molar-refractivity contribution in [3.05, 3.63) is 36.2 Å². The van der Waals surface area contributed by atoms with Crippen LogP contribution in [0.25, 0.3) is 5.69 Å². The first kappa shape index (κ1) is 12.9. The van der Waals surface area contributed by atoms with Crippen molar-refractivity contribution >= 4 is 0 Å². The summed E-state index contributed by atoms with van der Waals surface area (Å²) in [5.41, 5.74) is 2.35. The summed E-state index contributed by atoms with van der Waals surface area (Å²) in [7, 11) is 0. The largest absolute Gasteiger partial charge is 0.316 e. The third kappa shape index (κ3) is 2.34. The molecular formula is C15H20N6. The molecule has 0 bridgehead atoms. The Bertz CT molecular complexity index is 598. The maximum atomic E-state index is 3.96. The Balaban J connectivity index is 1.55. The van der Waals surface area contributed by atoms with Gasteiger partial charge in [-0.1, -0.05) is 12.1 Å². The molecule has 2 saturated heterocycles. The van der Waals surface area contributed by atoms with E-state index in [1.807, 2.05) is 6.07 Å². The second kappa shape index (κ2) is 5.20. The smallest absolute Gasteiger partial charge is 0.143 e. The van der Waals surface area contributed by atoms with E-state index in [4.69, 9.17) is 0 Å². The lowest BCUT2D eigenvalue weighted by Crippen LogP contribution is -2.28. The van der Waals surface area contributed by atoms with Gasteiger partial charge in [-0.2, -0.15) is 0 Å². The zero-order chi connectivity index (χ0) is 14.2. The Hall–Kier alpha value is -1.79. The molecule has 110 valence electrons. The second-order valence-electron chi connectivity index (χ2n) is 6.16. The minimum Gasteiger partial charge on any atom is -0.316 e. The van der Waals surface area contributed by atoms with Crippen molar-refractivity contribution in [1.82, 2.24) is 30.4 Å². The number of rotatable bonds is 3. The fraction of sp³-hybridized carbons (Fsp3) is 0.533. The highest BCUT2D eigenvalue weighted by atomic mass is 15.5. The lowest BCUT2D eigenvalue weighted by Gasteiger charge is -2.26. The van der Waals surface area contributed by atoms with Gasteiger partial charge in [-0.15, -0.1) is 5.10 Å². The van der Waals surface area contributed by atoms with Gasteiger partial charge in [-0.3, -0.25) is 4.90 Å². The summed E-state index contributed by atoms with van der Waals surface area (Å²) < 4.78 is 1.71. The van der Waals surface area contributed by atoms with Crippen molar-refractivity contribution in [3.63, 3.8) is 0 Å². The summed E-state index contributed by atoms with van der Waals surface area (Å²) in [5.74, 6) is 1.66. The molecule has 6 heteroatoms. The van der Waals surface area contributed by atoms with Crippen LogP contribution in [0.5, 0.6) is 0 Å². The first-order chi connectivity index (χ1) is 10.3. The van der Waals surface area contributed by atoms with E-state index in [0.29, 0.717) is 6.04 Å². The molecule has 1 aromatic heterocycles. The number of hydrogen-bond acceptors (Lipinski definition) is 5. The number of nitrogens with one attached hydrogen (secondary N) is 1. The van der Waals surface area contributed by atoms with Crippen LogP contribution < -0.4 is 5.32 Å². The lowest BCUT2D eigenvalue weighted by atomic mass is 10.0. The van der Waals surface area contributed by atoms with Gasteiger partial charge in [0, 0.05) is 19.1 Å². The van der Waals surface area contributed by atoms with Crippen LogP contribution in [-0.4, -0.2) is 51.3 Å². The Labute approximate surface area is 124 Å². The summed E-state index contributed by atoms with van der Waals surface area (Å²) in [6.07, 6.45) is 1.63. The number of aromatic nitrogens is 4. The fourth-order valence-corrected chi connectivity index (χ4v) is 3.63. The fourth-order valence-electron chi connectivity index (χ4n) is 3.63. The molecule has 1 aromatic carbocycles. The van der Waals surface area contributed by atoms with Crippen LogP contribution in [-0.2, 0) is 0 Å². The average Bonchev–Trinajstić information content (AvgIpc) is 3.22. The van der Waals surface area contributed by atoms with Crippen molar-refractivity contribution in [2.24, 2.45) is 11.8 Å². The van der Waals surface area contributed by atoms with Crippen LogP contribution in [0.4, 0.5) is 0 Å². The first-order valence-corrected chi connectivity index (χ1v) is 7.59. The first-order valence-electron chi connectivity index (χ1n) is 7.59. The molecular weight excluding hydrogens is 264 g/mol. The summed E-state index contributed by atoms with van der Waals surface area (Å²) in [6.45, 7) is 7.06. The summed E-state index contributed by atoms with van der Waals surface area (Å²) in [5, 5.41) is 14.9. The van der Waals surface area contributed by atoms with Gasteiger partial charge in [0.25, 0.3) is 0 Å². The van der Waals surface area contributed by atoms with Crippen molar-refractivity contribution < 1.29 is 0 Å². The third-order valence-electron chi connectivity index (χ3n) is 4.93. The van der Waals surface area contributed by atoms with Gasteiger partial charge in [0.1, 0.15) is 6.33 Å². The summed E-state index contributed by atoms with van der Waals surface area (Å²) >= 11 is 0. The van der Waals surface area contributed by atoms with Gasteiger partial charge in [-0.05, 0) is 60.0 Å². The maximum Gasteiger partial charge on any atom is 0.143 e. The van der Waals surface area contributed by atoms with Gasteiger partial charge < -0.3 is 5.32 Å². The van der Waals surface area contributed by atoms with Crippen molar-refractivity contribution in [3.8, 4) is 5.69 Å². The number of hydrogen-bond donors (Lipinski definition) is 1. The minimum absolute atomic E-state index is 0.437. The predicted molar refractivity (Wildman–Crippen MR) is 79.0 cm³/mol. The van der Waals surface area contributed by atoms with E-state index < -0.39 is 0 Å². The second-order valence-corrected chi connectivity index (χ2v) is 6.16. The van der Waals surface area contributed by atoms with E-state index >= 15 is 0 Å².